The second kappa shape index (κ2) is 7.25. The summed E-state index contributed by atoms with van der Waals surface area (Å²) in [6.07, 6.45) is -3.24. The summed E-state index contributed by atoms with van der Waals surface area (Å²) in [5, 5.41) is 2.52. The zero-order chi connectivity index (χ0) is 21.5. The van der Waals surface area contributed by atoms with Crippen molar-refractivity contribution in [2.24, 2.45) is 4.99 Å². The number of nitrogen functional groups attached to an aromatic ring is 1. The summed E-state index contributed by atoms with van der Waals surface area (Å²) in [6, 6.07) is 11.1. The molecule has 0 bridgehead atoms. The molecule has 3 N–H and O–H groups in total. The molecule has 0 fully saturated rings. The number of carbonyl (C=O) groups excluding carboxylic acids is 1. The van der Waals surface area contributed by atoms with Crippen LogP contribution in [0.2, 0.25) is 0 Å². The molecule has 0 radical (unpaired) electrons. The fourth-order valence-electron chi connectivity index (χ4n) is 3.28. The van der Waals surface area contributed by atoms with Crippen molar-refractivity contribution in [2.45, 2.75) is 19.5 Å². The van der Waals surface area contributed by atoms with Crippen molar-refractivity contribution in [3.05, 3.63) is 65.5 Å². The minimum atomic E-state index is -4.52. The van der Waals surface area contributed by atoms with Gasteiger partial charge in [-0.25, -0.2) is 9.97 Å². The number of anilines is 2. The highest BCUT2D eigenvalue weighted by Gasteiger charge is 2.34. The Morgan fingerprint density at radius 3 is 2.57 bits per heavy atom. The summed E-state index contributed by atoms with van der Waals surface area (Å²) in [5.41, 5.74) is 7.71. The third-order valence-corrected chi connectivity index (χ3v) is 4.69. The van der Waals surface area contributed by atoms with Crippen LogP contribution in [0.25, 0.3) is 11.3 Å². The molecule has 4 rings (SSSR count). The number of alkyl halides is 3. The first-order valence-electron chi connectivity index (χ1n) is 8.98. The maximum Gasteiger partial charge on any atom is 0.416 e. The minimum Gasteiger partial charge on any atom is -0.384 e. The van der Waals surface area contributed by atoms with Crippen molar-refractivity contribution in [2.75, 3.05) is 11.1 Å². The van der Waals surface area contributed by atoms with Crippen molar-refractivity contribution < 1.29 is 18.0 Å². The molecule has 152 valence electrons. The number of fused-ring (bicyclic) bond motifs is 1. The molecule has 0 atom stereocenters. The van der Waals surface area contributed by atoms with Crippen molar-refractivity contribution in [1.29, 1.82) is 0 Å². The quantitative estimate of drug-likeness (QED) is 0.649. The maximum atomic E-state index is 13.2. The molecule has 6 nitrogen and oxygen atoms in total. The van der Waals surface area contributed by atoms with Crippen molar-refractivity contribution in [1.82, 2.24) is 9.97 Å². The molecule has 1 aromatic heterocycles. The van der Waals surface area contributed by atoms with E-state index in [4.69, 9.17) is 5.73 Å². The van der Waals surface area contributed by atoms with Gasteiger partial charge < -0.3 is 11.1 Å². The van der Waals surface area contributed by atoms with E-state index in [1.54, 1.807) is 24.3 Å². The Hall–Kier alpha value is -3.75. The summed E-state index contributed by atoms with van der Waals surface area (Å²) in [5.74, 6) is -0.123. The van der Waals surface area contributed by atoms with Crippen molar-refractivity contribution in [3.8, 4) is 11.3 Å². The molecule has 2 aromatic carbocycles. The molecule has 0 saturated heterocycles. The lowest BCUT2D eigenvalue weighted by molar-refractivity contribution is -0.138. The van der Waals surface area contributed by atoms with E-state index in [1.165, 1.54) is 19.3 Å². The van der Waals surface area contributed by atoms with Gasteiger partial charge in [0.1, 0.15) is 12.1 Å². The average Bonchev–Trinajstić information content (AvgIpc) is 2.84. The second-order valence-electron chi connectivity index (χ2n) is 6.87. The molecule has 3 aromatic rings. The summed E-state index contributed by atoms with van der Waals surface area (Å²) in [6.45, 7) is 1.37. The lowest BCUT2D eigenvalue weighted by Crippen LogP contribution is -2.15. The molecule has 1 aliphatic rings. The largest absolute Gasteiger partial charge is 0.416 e. The van der Waals surface area contributed by atoms with E-state index >= 15 is 0 Å². The highest BCUT2D eigenvalue weighted by Crippen LogP contribution is 2.39. The lowest BCUT2D eigenvalue weighted by atomic mass is 10.0. The molecule has 0 spiro atoms. The number of amides is 1. The summed E-state index contributed by atoms with van der Waals surface area (Å²) >= 11 is 0. The van der Waals surface area contributed by atoms with Gasteiger partial charge in [-0.1, -0.05) is 18.2 Å². The maximum absolute atomic E-state index is 13.2. The van der Waals surface area contributed by atoms with Crippen LogP contribution >= 0.6 is 0 Å². The number of hydrogen-bond acceptors (Lipinski definition) is 5. The van der Waals surface area contributed by atoms with E-state index in [0.29, 0.717) is 22.8 Å². The number of nitrogens with zero attached hydrogens (tertiary/aromatic N) is 3. The van der Waals surface area contributed by atoms with Gasteiger partial charge in [0.2, 0.25) is 5.91 Å². The minimum absolute atomic E-state index is 0.0331. The number of halogens is 3. The van der Waals surface area contributed by atoms with Crippen molar-refractivity contribution >= 4 is 28.8 Å². The summed E-state index contributed by atoms with van der Waals surface area (Å²) < 4.78 is 39.7. The first-order valence-corrected chi connectivity index (χ1v) is 8.98. The molecule has 9 heteroatoms. The summed E-state index contributed by atoms with van der Waals surface area (Å²) in [4.78, 5) is 24.9. The van der Waals surface area contributed by atoms with Crippen LogP contribution in [0.3, 0.4) is 0 Å². The predicted molar refractivity (Wildman–Crippen MR) is 108 cm³/mol. The molecule has 0 saturated carbocycles. The Bertz CT molecular complexity index is 1190. The van der Waals surface area contributed by atoms with Gasteiger partial charge in [0.15, 0.2) is 0 Å². The van der Waals surface area contributed by atoms with E-state index < -0.39 is 17.6 Å². The zero-order valence-electron chi connectivity index (χ0n) is 15.8. The van der Waals surface area contributed by atoms with E-state index in [2.05, 4.69) is 20.3 Å². The number of aromatic nitrogens is 2. The fourth-order valence-corrected chi connectivity index (χ4v) is 3.28. The highest BCUT2D eigenvalue weighted by molar-refractivity contribution is 6.17. The predicted octanol–water partition coefficient (Wildman–Crippen LogP) is 4.52. The number of benzene rings is 2. The van der Waals surface area contributed by atoms with Gasteiger partial charge in [0, 0.05) is 11.6 Å². The summed E-state index contributed by atoms with van der Waals surface area (Å²) in [7, 11) is 0. The Morgan fingerprint density at radius 2 is 1.83 bits per heavy atom. The first kappa shape index (κ1) is 19.6. The molecular weight excluding hydrogens is 395 g/mol. The Kier molecular flexibility index (Phi) is 4.73. The lowest BCUT2D eigenvalue weighted by Gasteiger charge is -2.13. The second-order valence-corrected chi connectivity index (χ2v) is 6.87. The molecule has 0 unspecified atom stereocenters. The number of hydrogen-bond donors (Lipinski definition) is 2. The zero-order valence-corrected chi connectivity index (χ0v) is 15.8. The van der Waals surface area contributed by atoms with Crippen LogP contribution in [0, 0.1) is 6.92 Å². The smallest absolute Gasteiger partial charge is 0.384 e. The highest BCUT2D eigenvalue weighted by atomic mass is 19.4. The van der Waals surface area contributed by atoms with Crippen molar-refractivity contribution in [3.63, 3.8) is 0 Å². The van der Waals surface area contributed by atoms with Gasteiger partial charge in [-0.2, -0.15) is 13.2 Å². The molecule has 1 aliphatic heterocycles. The van der Waals surface area contributed by atoms with Gasteiger partial charge in [-0.3, -0.25) is 9.79 Å². The molecule has 1 amide bonds. The molecule has 0 aliphatic carbocycles. The van der Waals surface area contributed by atoms with Gasteiger partial charge in [0.25, 0.3) is 0 Å². The van der Waals surface area contributed by atoms with Gasteiger partial charge in [-0.15, -0.1) is 0 Å². The fraction of sp³-hybridized carbons (Fsp3) is 0.143. The first-order chi connectivity index (χ1) is 14.2. The van der Waals surface area contributed by atoms with E-state index in [0.717, 1.165) is 11.6 Å². The van der Waals surface area contributed by atoms with Gasteiger partial charge in [0.05, 0.1) is 34.8 Å². The molecule has 2 heterocycles. The number of aliphatic imine (C=N–C) groups is 1. The Labute approximate surface area is 169 Å². The van der Waals surface area contributed by atoms with Crippen LogP contribution in [0.5, 0.6) is 0 Å². The van der Waals surface area contributed by atoms with Gasteiger partial charge >= 0.3 is 6.18 Å². The third-order valence-electron chi connectivity index (χ3n) is 4.69. The Balaban J connectivity index is 1.80. The van der Waals surface area contributed by atoms with Crippen LogP contribution in [-0.4, -0.2) is 21.6 Å². The monoisotopic (exact) mass is 411 g/mol. The van der Waals surface area contributed by atoms with Crippen LogP contribution in [0.4, 0.5) is 30.4 Å². The van der Waals surface area contributed by atoms with Crippen LogP contribution in [0.15, 0.2) is 53.8 Å². The van der Waals surface area contributed by atoms with Gasteiger partial charge in [-0.05, 0) is 36.2 Å². The average molecular weight is 411 g/mol. The van der Waals surface area contributed by atoms with Crippen LogP contribution in [-0.2, 0) is 11.0 Å². The standard InChI is InChI=1S/C21H16F3N5O/c1-11-5-17-18(7-14(11)21(22,23)24)29-20(30)9-16(28-17)13-4-2-3-12(6-13)15-8-19(25)27-10-26-15/h2-8,10H,9H2,1H3,(H,29,30)(H2,25,26,27). The normalized spacial score (nSPS) is 13.9. The molecular formula is C21H16F3N5O. The number of rotatable bonds is 2. The van der Waals surface area contributed by atoms with E-state index in [9.17, 15) is 18.0 Å². The topological polar surface area (TPSA) is 93.3 Å². The van der Waals surface area contributed by atoms with E-state index in [-0.39, 0.29) is 23.4 Å². The Morgan fingerprint density at radius 1 is 1.07 bits per heavy atom. The third kappa shape index (κ3) is 3.86. The van der Waals surface area contributed by atoms with Crippen LogP contribution in [0.1, 0.15) is 23.1 Å². The number of nitrogens with two attached hydrogens (primary N) is 1. The number of carbonyl (C=O) groups is 1. The molecule has 30 heavy (non-hydrogen) atoms. The van der Waals surface area contributed by atoms with E-state index in [1.807, 2.05) is 6.07 Å². The number of aryl methyl sites for hydroxylation is 1. The SMILES string of the molecule is Cc1cc2c(cc1C(F)(F)F)NC(=O)CC(c1cccc(-c3cc(N)ncn3)c1)=N2. The number of nitrogens with one attached hydrogen (secondary N) is 1. The van der Waals surface area contributed by atoms with Crippen LogP contribution < -0.4 is 11.1 Å².